The van der Waals surface area contributed by atoms with E-state index in [1.165, 1.54) is 0 Å². The number of carbonyl (C=O) groups is 1. The Morgan fingerprint density at radius 3 is 2.59 bits per heavy atom. The van der Waals surface area contributed by atoms with Crippen LogP contribution in [0.1, 0.15) is 23.1 Å². The second kappa shape index (κ2) is 6.98. The monoisotopic (exact) mass is 298 g/mol. The molecule has 3 N–H and O–H groups in total. The zero-order chi connectivity index (χ0) is 16.1. The Morgan fingerprint density at radius 1 is 1.18 bits per heavy atom. The van der Waals surface area contributed by atoms with Crippen LogP contribution in [-0.4, -0.2) is 13.0 Å². The summed E-state index contributed by atoms with van der Waals surface area (Å²) >= 11 is 0. The Morgan fingerprint density at radius 2 is 1.91 bits per heavy atom. The van der Waals surface area contributed by atoms with Crippen molar-refractivity contribution in [1.82, 2.24) is 0 Å². The third kappa shape index (κ3) is 3.58. The van der Waals surface area contributed by atoms with E-state index >= 15 is 0 Å². The van der Waals surface area contributed by atoms with Crippen LogP contribution in [0.25, 0.3) is 0 Å². The van der Waals surface area contributed by atoms with E-state index < -0.39 is 0 Å². The highest BCUT2D eigenvalue weighted by Crippen LogP contribution is 2.29. The molecule has 0 aliphatic heterocycles. The fourth-order valence-corrected chi connectivity index (χ4v) is 2.50. The van der Waals surface area contributed by atoms with Gasteiger partial charge in [-0.2, -0.15) is 0 Å². The molecule has 0 heterocycles. The maximum absolute atomic E-state index is 12.1. The molecule has 0 spiro atoms. The molecule has 0 bridgehead atoms. The summed E-state index contributed by atoms with van der Waals surface area (Å²) in [7, 11) is 1.64. The quantitative estimate of drug-likeness (QED) is 0.831. The molecule has 4 nitrogen and oxygen atoms in total. The summed E-state index contributed by atoms with van der Waals surface area (Å²) in [5, 5.41) is 2.94. The smallest absolute Gasteiger partial charge is 0.224 e. The number of aryl methyl sites for hydroxylation is 2. The topological polar surface area (TPSA) is 64.3 Å². The lowest BCUT2D eigenvalue weighted by atomic mass is 10.1. The molecule has 0 fully saturated rings. The van der Waals surface area contributed by atoms with Crippen molar-refractivity contribution < 1.29 is 9.53 Å². The first-order valence-corrected chi connectivity index (χ1v) is 7.30. The summed E-state index contributed by atoms with van der Waals surface area (Å²) in [4.78, 5) is 12.1. The first-order valence-electron chi connectivity index (χ1n) is 7.30. The molecule has 0 saturated heterocycles. The maximum Gasteiger partial charge on any atom is 0.224 e. The summed E-state index contributed by atoms with van der Waals surface area (Å²) in [5.74, 6) is 0.780. The summed E-state index contributed by atoms with van der Waals surface area (Å²) in [5.41, 5.74) is 10.4. The van der Waals surface area contributed by atoms with Crippen LogP contribution >= 0.6 is 0 Å². The summed E-state index contributed by atoms with van der Waals surface area (Å²) in [6, 6.07) is 11.5. The maximum atomic E-state index is 12.1. The number of methoxy groups -OCH3 is 1. The van der Waals surface area contributed by atoms with E-state index in [0.29, 0.717) is 12.8 Å². The zero-order valence-corrected chi connectivity index (χ0v) is 13.3. The molecule has 1 amide bonds. The SMILES string of the molecule is COc1c(C)ccc(NC(=O)CCc2ccccc2N)c1C. The molecule has 2 aromatic rings. The van der Waals surface area contributed by atoms with Gasteiger partial charge in [0.15, 0.2) is 0 Å². The van der Waals surface area contributed by atoms with Gasteiger partial charge in [-0.25, -0.2) is 0 Å². The molecule has 0 atom stereocenters. The largest absolute Gasteiger partial charge is 0.496 e. The lowest BCUT2D eigenvalue weighted by Gasteiger charge is -2.14. The van der Waals surface area contributed by atoms with Gasteiger partial charge >= 0.3 is 0 Å². The van der Waals surface area contributed by atoms with E-state index in [-0.39, 0.29) is 5.91 Å². The average molecular weight is 298 g/mol. The summed E-state index contributed by atoms with van der Waals surface area (Å²) < 4.78 is 5.38. The van der Waals surface area contributed by atoms with Crippen molar-refractivity contribution in [3.05, 3.63) is 53.1 Å². The minimum absolute atomic E-state index is 0.0303. The first-order chi connectivity index (χ1) is 10.5. The predicted octanol–water partition coefficient (Wildman–Crippen LogP) is 3.47. The molecule has 0 aliphatic rings. The van der Waals surface area contributed by atoms with Gasteiger partial charge in [0.05, 0.1) is 7.11 Å². The molecule has 4 heteroatoms. The van der Waals surface area contributed by atoms with Gasteiger partial charge < -0.3 is 15.8 Å². The van der Waals surface area contributed by atoms with Gasteiger partial charge in [-0.3, -0.25) is 4.79 Å². The van der Waals surface area contributed by atoms with Crippen LogP contribution < -0.4 is 15.8 Å². The number of para-hydroxylation sites is 1. The first kappa shape index (κ1) is 15.9. The van der Waals surface area contributed by atoms with Crippen LogP contribution in [0.15, 0.2) is 36.4 Å². The second-order valence-electron chi connectivity index (χ2n) is 5.34. The number of ether oxygens (including phenoxy) is 1. The van der Waals surface area contributed by atoms with E-state index in [1.807, 2.05) is 50.2 Å². The number of benzene rings is 2. The number of rotatable bonds is 5. The Kier molecular flexibility index (Phi) is 5.04. The number of nitrogen functional groups attached to an aromatic ring is 1. The van der Waals surface area contributed by atoms with Crippen molar-refractivity contribution in [2.75, 3.05) is 18.2 Å². The molecule has 116 valence electrons. The minimum atomic E-state index is -0.0303. The molecule has 0 aliphatic carbocycles. The predicted molar refractivity (Wildman–Crippen MR) is 90.3 cm³/mol. The Bertz CT molecular complexity index is 681. The van der Waals surface area contributed by atoms with E-state index in [1.54, 1.807) is 7.11 Å². The summed E-state index contributed by atoms with van der Waals surface area (Å²) in [6.07, 6.45) is 1.02. The number of hydrogen-bond donors (Lipinski definition) is 2. The van der Waals surface area contributed by atoms with Gasteiger partial charge in [0.25, 0.3) is 0 Å². The van der Waals surface area contributed by atoms with Crippen LogP contribution in [0.4, 0.5) is 11.4 Å². The number of carbonyl (C=O) groups excluding carboxylic acids is 1. The zero-order valence-electron chi connectivity index (χ0n) is 13.3. The number of hydrogen-bond acceptors (Lipinski definition) is 3. The molecule has 0 unspecified atom stereocenters. The molecule has 0 saturated carbocycles. The van der Waals surface area contributed by atoms with E-state index in [9.17, 15) is 4.79 Å². The highest BCUT2D eigenvalue weighted by molar-refractivity contribution is 5.92. The van der Waals surface area contributed by atoms with Gasteiger partial charge in [-0.15, -0.1) is 0 Å². The minimum Gasteiger partial charge on any atom is -0.496 e. The lowest BCUT2D eigenvalue weighted by molar-refractivity contribution is -0.116. The van der Waals surface area contributed by atoms with Gasteiger partial charge in [0, 0.05) is 23.4 Å². The van der Waals surface area contributed by atoms with Crippen molar-refractivity contribution in [3.8, 4) is 5.75 Å². The molecular weight excluding hydrogens is 276 g/mol. The normalized spacial score (nSPS) is 10.3. The lowest BCUT2D eigenvalue weighted by Crippen LogP contribution is -2.14. The van der Waals surface area contributed by atoms with E-state index in [4.69, 9.17) is 10.5 Å². The Labute approximate surface area is 131 Å². The van der Waals surface area contributed by atoms with Crippen molar-refractivity contribution in [3.63, 3.8) is 0 Å². The highest BCUT2D eigenvalue weighted by Gasteiger charge is 2.11. The highest BCUT2D eigenvalue weighted by atomic mass is 16.5. The number of nitrogens with one attached hydrogen (secondary N) is 1. The molecule has 2 rings (SSSR count). The second-order valence-corrected chi connectivity index (χ2v) is 5.34. The Hall–Kier alpha value is -2.49. The van der Waals surface area contributed by atoms with Crippen LogP contribution in [0, 0.1) is 13.8 Å². The van der Waals surface area contributed by atoms with Gasteiger partial charge in [0.2, 0.25) is 5.91 Å². The number of nitrogens with two attached hydrogens (primary N) is 1. The van der Waals surface area contributed by atoms with Gasteiger partial charge in [0.1, 0.15) is 5.75 Å². The van der Waals surface area contributed by atoms with Crippen molar-refractivity contribution >= 4 is 17.3 Å². The Balaban J connectivity index is 2.02. The molecular formula is C18H22N2O2. The van der Waals surface area contributed by atoms with E-state index in [0.717, 1.165) is 33.8 Å². The molecule has 22 heavy (non-hydrogen) atoms. The van der Waals surface area contributed by atoms with Crippen LogP contribution in [0.2, 0.25) is 0 Å². The van der Waals surface area contributed by atoms with Crippen LogP contribution in [0.5, 0.6) is 5.75 Å². The van der Waals surface area contributed by atoms with Crippen LogP contribution in [-0.2, 0) is 11.2 Å². The summed E-state index contributed by atoms with van der Waals surface area (Å²) in [6.45, 7) is 3.92. The van der Waals surface area contributed by atoms with Crippen molar-refractivity contribution in [2.45, 2.75) is 26.7 Å². The fourth-order valence-electron chi connectivity index (χ4n) is 2.50. The molecule has 0 radical (unpaired) electrons. The van der Waals surface area contributed by atoms with Crippen molar-refractivity contribution in [2.24, 2.45) is 0 Å². The third-order valence-electron chi connectivity index (χ3n) is 3.76. The van der Waals surface area contributed by atoms with Crippen molar-refractivity contribution in [1.29, 1.82) is 0 Å². The van der Waals surface area contributed by atoms with Gasteiger partial charge in [-0.05, 0) is 43.5 Å². The molecule has 0 aromatic heterocycles. The van der Waals surface area contributed by atoms with E-state index in [2.05, 4.69) is 5.32 Å². The fraction of sp³-hybridized carbons (Fsp3) is 0.278. The third-order valence-corrected chi connectivity index (χ3v) is 3.76. The number of amides is 1. The standard InChI is InChI=1S/C18H22N2O2/c1-12-8-10-16(13(2)18(12)22-3)20-17(21)11-9-14-6-4-5-7-15(14)19/h4-8,10H,9,11,19H2,1-3H3,(H,20,21). The molecule has 2 aromatic carbocycles. The van der Waals surface area contributed by atoms with Gasteiger partial charge in [-0.1, -0.05) is 24.3 Å². The van der Waals surface area contributed by atoms with Crippen LogP contribution in [0.3, 0.4) is 0 Å². The average Bonchev–Trinajstić information content (AvgIpc) is 2.50. The number of anilines is 2.